The normalized spacial score (nSPS) is 10.5. The lowest BCUT2D eigenvalue weighted by Crippen LogP contribution is -2.31. The molecule has 1 aromatic rings. The number of rotatable bonds is 6. The molecule has 0 fully saturated rings. The van der Waals surface area contributed by atoms with E-state index in [1.165, 1.54) is 0 Å². The van der Waals surface area contributed by atoms with Crippen molar-refractivity contribution in [3.05, 3.63) is 0 Å². The monoisotopic (exact) mass is 198 g/mol. The van der Waals surface area contributed by atoms with Gasteiger partial charge in [-0.3, -0.25) is 0 Å². The van der Waals surface area contributed by atoms with Crippen molar-refractivity contribution in [1.29, 1.82) is 0 Å². The van der Waals surface area contributed by atoms with Crippen LogP contribution in [-0.4, -0.2) is 46.9 Å². The maximum absolute atomic E-state index is 3.91. The molecule has 0 aliphatic heterocycles. The molecule has 0 saturated heterocycles. The van der Waals surface area contributed by atoms with Gasteiger partial charge < -0.3 is 10.2 Å². The van der Waals surface area contributed by atoms with Crippen LogP contribution in [0.5, 0.6) is 0 Å². The number of tetrazole rings is 1. The maximum atomic E-state index is 3.91. The number of hydrogen-bond acceptors (Lipinski definition) is 5. The van der Waals surface area contributed by atoms with Gasteiger partial charge in [-0.25, -0.2) is 4.68 Å². The molecule has 0 aromatic carbocycles. The van der Waals surface area contributed by atoms with Gasteiger partial charge in [0.05, 0.1) is 0 Å². The zero-order valence-corrected chi connectivity index (χ0v) is 9.06. The fraction of sp³-hybridized carbons (Fsp3) is 0.875. The average Bonchev–Trinajstić information content (AvgIpc) is 2.59. The SMILES string of the molecule is CCCNCCN(C)c1nnnn1C. The van der Waals surface area contributed by atoms with E-state index in [2.05, 4.69) is 27.8 Å². The minimum Gasteiger partial charge on any atom is -0.341 e. The molecular formula is C8H18N6. The molecule has 0 radical (unpaired) electrons. The van der Waals surface area contributed by atoms with E-state index in [0.29, 0.717) is 0 Å². The summed E-state index contributed by atoms with van der Waals surface area (Å²) in [5, 5.41) is 14.6. The Labute approximate surface area is 84.3 Å². The second-order valence-corrected chi connectivity index (χ2v) is 3.27. The van der Waals surface area contributed by atoms with Crippen LogP contribution in [0.25, 0.3) is 0 Å². The fourth-order valence-corrected chi connectivity index (χ4v) is 1.20. The van der Waals surface area contributed by atoms with Crippen molar-refractivity contribution in [2.75, 3.05) is 31.6 Å². The molecule has 0 spiro atoms. The van der Waals surface area contributed by atoms with E-state index in [1.807, 2.05) is 19.0 Å². The van der Waals surface area contributed by atoms with Crippen LogP contribution in [0.3, 0.4) is 0 Å². The van der Waals surface area contributed by atoms with Crippen molar-refractivity contribution in [3.8, 4) is 0 Å². The molecule has 6 nitrogen and oxygen atoms in total. The van der Waals surface area contributed by atoms with Gasteiger partial charge in [-0.15, -0.1) is 0 Å². The van der Waals surface area contributed by atoms with Gasteiger partial charge in [0, 0.05) is 27.2 Å². The fourth-order valence-electron chi connectivity index (χ4n) is 1.20. The van der Waals surface area contributed by atoms with Crippen molar-refractivity contribution < 1.29 is 0 Å². The minimum absolute atomic E-state index is 0.795. The van der Waals surface area contributed by atoms with Crippen LogP contribution in [0, 0.1) is 0 Å². The smallest absolute Gasteiger partial charge is 0.245 e. The van der Waals surface area contributed by atoms with Crippen LogP contribution in [0.1, 0.15) is 13.3 Å². The molecule has 1 heterocycles. The molecule has 0 saturated carbocycles. The average molecular weight is 198 g/mol. The van der Waals surface area contributed by atoms with Gasteiger partial charge in [-0.05, 0) is 23.4 Å². The Bertz CT molecular complexity index is 258. The molecule has 0 aliphatic rings. The molecular weight excluding hydrogens is 180 g/mol. The Morgan fingerprint density at radius 1 is 1.43 bits per heavy atom. The summed E-state index contributed by atoms with van der Waals surface area (Å²) in [7, 11) is 3.82. The first kappa shape index (κ1) is 10.9. The highest BCUT2D eigenvalue weighted by Crippen LogP contribution is 2.01. The standard InChI is InChI=1S/C8H18N6/c1-4-5-9-6-7-13(2)8-10-11-12-14(8)3/h9H,4-7H2,1-3H3. The lowest BCUT2D eigenvalue weighted by molar-refractivity contribution is 0.648. The Morgan fingerprint density at radius 3 is 2.79 bits per heavy atom. The van der Waals surface area contributed by atoms with Gasteiger partial charge in [0.15, 0.2) is 0 Å². The Balaban J connectivity index is 2.28. The third-order valence-electron chi connectivity index (χ3n) is 1.99. The van der Waals surface area contributed by atoms with Gasteiger partial charge in [0.2, 0.25) is 5.95 Å². The molecule has 0 amide bonds. The lowest BCUT2D eigenvalue weighted by atomic mass is 10.4. The van der Waals surface area contributed by atoms with Crippen molar-refractivity contribution in [1.82, 2.24) is 25.5 Å². The predicted octanol–water partition coefficient (Wildman–Crippen LogP) is -0.354. The molecule has 1 aromatic heterocycles. The van der Waals surface area contributed by atoms with Gasteiger partial charge in [-0.1, -0.05) is 12.0 Å². The summed E-state index contributed by atoms with van der Waals surface area (Å²) in [6, 6.07) is 0. The van der Waals surface area contributed by atoms with Crippen LogP contribution < -0.4 is 10.2 Å². The Morgan fingerprint density at radius 2 is 2.21 bits per heavy atom. The highest BCUT2D eigenvalue weighted by atomic mass is 15.6. The topological polar surface area (TPSA) is 58.9 Å². The molecule has 1 N–H and O–H groups in total. The summed E-state index contributed by atoms with van der Waals surface area (Å²) < 4.78 is 1.67. The first-order valence-electron chi connectivity index (χ1n) is 4.90. The molecule has 1 rings (SSSR count). The summed E-state index contributed by atoms with van der Waals surface area (Å²) in [6.45, 7) is 5.08. The van der Waals surface area contributed by atoms with Crippen LogP contribution in [0.15, 0.2) is 0 Å². The lowest BCUT2D eigenvalue weighted by Gasteiger charge is -2.16. The first-order chi connectivity index (χ1) is 6.75. The number of anilines is 1. The predicted molar refractivity (Wildman–Crippen MR) is 55.2 cm³/mol. The zero-order chi connectivity index (χ0) is 10.4. The molecule has 0 aliphatic carbocycles. The number of hydrogen-bond donors (Lipinski definition) is 1. The van der Waals surface area contributed by atoms with E-state index in [9.17, 15) is 0 Å². The van der Waals surface area contributed by atoms with Gasteiger partial charge in [0.1, 0.15) is 0 Å². The largest absolute Gasteiger partial charge is 0.341 e. The van der Waals surface area contributed by atoms with Crippen molar-refractivity contribution in [2.24, 2.45) is 7.05 Å². The second-order valence-electron chi connectivity index (χ2n) is 3.27. The van der Waals surface area contributed by atoms with E-state index in [0.717, 1.165) is 32.0 Å². The number of aryl methyl sites for hydroxylation is 1. The number of nitrogens with zero attached hydrogens (tertiary/aromatic N) is 5. The molecule has 80 valence electrons. The Kier molecular flexibility index (Phi) is 4.31. The molecule has 6 heteroatoms. The molecule has 14 heavy (non-hydrogen) atoms. The van der Waals surface area contributed by atoms with Gasteiger partial charge in [-0.2, -0.15) is 0 Å². The number of nitrogens with one attached hydrogen (secondary N) is 1. The van der Waals surface area contributed by atoms with Crippen molar-refractivity contribution >= 4 is 5.95 Å². The highest BCUT2D eigenvalue weighted by Gasteiger charge is 2.06. The third kappa shape index (κ3) is 2.95. The van der Waals surface area contributed by atoms with E-state index in [1.54, 1.807) is 4.68 Å². The first-order valence-corrected chi connectivity index (χ1v) is 4.90. The van der Waals surface area contributed by atoms with Crippen molar-refractivity contribution in [2.45, 2.75) is 13.3 Å². The molecule has 0 bridgehead atoms. The van der Waals surface area contributed by atoms with Crippen LogP contribution in [-0.2, 0) is 7.05 Å². The summed E-state index contributed by atoms with van der Waals surface area (Å²) in [4.78, 5) is 2.03. The van der Waals surface area contributed by atoms with Crippen molar-refractivity contribution in [3.63, 3.8) is 0 Å². The van der Waals surface area contributed by atoms with Gasteiger partial charge in [0.25, 0.3) is 0 Å². The number of likely N-dealkylation sites (N-methyl/N-ethyl adjacent to an activating group) is 1. The Hall–Kier alpha value is -1.17. The molecule has 0 unspecified atom stereocenters. The third-order valence-corrected chi connectivity index (χ3v) is 1.99. The van der Waals surface area contributed by atoms with E-state index in [4.69, 9.17) is 0 Å². The maximum Gasteiger partial charge on any atom is 0.245 e. The van der Waals surface area contributed by atoms with E-state index < -0.39 is 0 Å². The summed E-state index contributed by atoms with van der Waals surface area (Å²) in [5.74, 6) is 0.795. The number of aromatic nitrogens is 4. The van der Waals surface area contributed by atoms with E-state index >= 15 is 0 Å². The van der Waals surface area contributed by atoms with Crippen LogP contribution in [0.2, 0.25) is 0 Å². The molecule has 0 atom stereocenters. The quantitative estimate of drug-likeness (QED) is 0.633. The second kappa shape index (κ2) is 5.54. The minimum atomic E-state index is 0.795. The van der Waals surface area contributed by atoms with E-state index in [-0.39, 0.29) is 0 Å². The summed E-state index contributed by atoms with van der Waals surface area (Å²) in [5.41, 5.74) is 0. The van der Waals surface area contributed by atoms with Gasteiger partial charge >= 0.3 is 0 Å². The summed E-state index contributed by atoms with van der Waals surface area (Å²) in [6.07, 6.45) is 1.16. The summed E-state index contributed by atoms with van der Waals surface area (Å²) >= 11 is 0. The van der Waals surface area contributed by atoms with Crippen LogP contribution in [0.4, 0.5) is 5.95 Å². The van der Waals surface area contributed by atoms with Crippen LogP contribution >= 0.6 is 0 Å². The zero-order valence-electron chi connectivity index (χ0n) is 9.06. The highest BCUT2D eigenvalue weighted by molar-refractivity contribution is 5.25.